The molecule has 1 fully saturated rings. The molecule has 0 bridgehead atoms. The monoisotopic (exact) mass is 228 g/mol. The lowest BCUT2D eigenvalue weighted by atomic mass is 9.98. The highest BCUT2D eigenvalue weighted by atomic mass is 16.3. The van der Waals surface area contributed by atoms with Crippen molar-refractivity contribution in [3.05, 3.63) is 0 Å². The highest BCUT2D eigenvalue weighted by molar-refractivity contribution is 4.84. The van der Waals surface area contributed by atoms with Crippen molar-refractivity contribution < 1.29 is 5.11 Å². The maximum Gasteiger partial charge on any atom is 0.0664 e. The first-order valence-electron chi connectivity index (χ1n) is 6.69. The summed E-state index contributed by atoms with van der Waals surface area (Å²) < 4.78 is 0. The maximum absolute atomic E-state index is 9.71. The Morgan fingerprint density at radius 2 is 1.94 bits per heavy atom. The molecule has 0 aliphatic carbocycles. The van der Waals surface area contributed by atoms with E-state index >= 15 is 0 Å². The van der Waals surface area contributed by atoms with Gasteiger partial charge in [-0.1, -0.05) is 20.3 Å². The van der Waals surface area contributed by atoms with Crippen molar-refractivity contribution in [2.45, 2.75) is 71.2 Å². The zero-order valence-corrected chi connectivity index (χ0v) is 11.2. The third kappa shape index (κ3) is 4.04. The molecule has 3 heteroatoms. The number of likely N-dealkylation sites (tertiary alicyclic amines) is 1. The largest absolute Gasteiger partial charge is 0.392 e. The molecule has 0 saturated carbocycles. The van der Waals surface area contributed by atoms with Crippen molar-refractivity contribution in [1.82, 2.24) is 10.2 Å². The summed E-state index contributed by atoms with van der Waals surface area (Å²) in [5, 5.41) is 13.2. The molecule has 1 rings (SSSR count). The van der Waals surface area contributed by atoms with Crippen molar-refractivity contribution in [2.75, 3.05) is 13.1 Å². The van der Waals surface area contributed by atoms with Crippen molar-refractivity contribution in [2.24, 2.45) is 0 Å². The molecule has 0 amide bonds. The molecule has 2 N–H and O–H groups in total. The second-order valence-electron chi connectivity index (χ2n) is 5.43. The van der Waals surface area contributed by atoms with Crippen molar-refractivity contribution in [3.63, 3.8) is 0 Å². The Morgan fingerprint density at radius 3 is 2.50 bits per heavy atom. The van der Waals surface area contributed by atoms with Crippen LogP contribution >= 0.6 is 0 Å². The summed E-state index contributed by atoms with van der Waals surface area (Å²) in [7, 11) is 0. The van der Waals surface area contributed by atoms with Crippen LogP contribution in [0.25, 0.3) is 0 Å². The van der Waals surface area contributed by atoms with Gasteiger partial charge in [-0.2, -0.15) is 0 Å². The van der Waals surface area contributed by atoms with Crippen molar-refractivity contribution in [1.29, 1.82) is 0 Å². The molecule has 0 aromatic rings. The smallest absolute Gasteiger partial charge is 0.0664 e. The van der Waals surface area contributed by atoms with Crippen molar-refractivity contribution >= 4 is 0 Å². The minimum Gasteiger partial charge on any atom is -0.392 e. The van der Waals surface area contributed by atoms with E-state index in [1.165, 1.54) is 19.3 Å². The normalized spacial score (nSPS) is 27.0. The quantitative estimate of drug-likeness (QED) is 0.750. The Bertz CT molecular complexity index is 194. The lowest BCUT2D eigenvalue weighted by Gasteiger charge is -2.41. The number of nitrogens with zero attached hydrogens (tertiary/aromatic N) is 1. The standard InChI is InChI=1S/C13H28N2O/c1-10(2)14-9-13-7-5-6-8-15(13)11(3)12(4)16/h10-14,16H,5-9H2,1-4H3. The third-order valence-corrected chi connectivity index (χ3v) is 3.66. The summed E-state index contributed by atoms with van der Waals surface area (Å²) in [5.74, 6) is 0. The summed E-state index contributed by atoms with van der Waals surface area (Å²) in [6.07, 6.45) is 3.62. The Kier molecular flexibility index (Phi) is 5.73. The van der Waals surface area contributed by atoms with Crippen LogP contribution < -0.4 is 5.32 Å². The number of aliphatic hydroxyl groups is 1. The lowest BCUT2D eigenvalue weighted by molar-refractivity contribution is 0.0246. The van der Waals surface area contributed by atoms with Crippen LogP contribution in [0.1, 0.15) is 47.0 Å². The van der Waals surface area contributed by atoms with E-state index in [0.717, 1.165) is 13.1 Å². The van der Waals surface area contributed by atoms with Gasteiger partial charge < -0.3 is 10.4 Å². The molecule has 3 atom stereocenters. The number of nitrogens with one attached hydrogen (secondary N) is 1. The van der Waals surface area contributed by atoms with Gasteiger partial charge in [0.2, 0.25) is 0 Å². The first-order valence-corrected chi connectivity index (χ1v) is 6.69. The molecule has 1 aliphatic heterocycles. The fourth-order valence-corrected chi connectivity index (χ4v) is 2.43. The van der Waals surface area contributed by atoms with Gasteiger partial charge in [-0.15, -0.1) is 0 Å². The highest BCUT2D eigenvalue weighted by Crippen LogP contribution is 2.20. The topological polar surface area (TPSA) is 35.5 Å². The van der Waals surface area contributed by atoms with Gasteiger partial charge in [0.15, 0.2) is 0 Å². The number of rotatable bonds is 5. The molecule has 96 valence electrons. The molecule has 3 nitrogen and oxygen atoms in total. The average molecular weight is 228 g/mol. The van der Waals surface area contributed by atoms with Crippen LogP contribution in [0.2, 0.25) is 0 Å². The number of aliphatic hydroxyl groups excluding tert-OH is 1. The van der Waals surface area contributed by atoms with Gasteiger partial charge in [0.25, 0.3) is 0 Å². The Balaban J connectivity index is 2.49. The summed E-state index contributed by atoms with van der Waals surface area (Å²) >= 11 is 0. The van der Waals surface area contributed by atoms with Crippen LogP contribution in [0.3, 0.4) is 0 Å². The van der Waals surface area contributed by atoms with E-state index in [4.69, 9.17) is 0 Å². The second-order valence-corrected chi connectivity index (χ2v) is 5.43. The van der Waals surface area contributed by atoms with Crippen LogP contribution in [0, 0.1) is 0 Å². The van der Waals surface area contributed by atoms with Gasteiger partial charge in [0.1, 0.15) is 0 Å². The Morgan fingerprint density at radius 1 is 1.25 bits per heavy atom. The van der Waals surface area contributed by atoms with Crippen LogP contribution in [0.4, 0.5) is 0 Å². The van der Waals surface area contributed by atoms with E-state index in [1.54, 1.807) is 0 Å². The highest BCUT2D eigenvalue weighted by Gasteiger charge is 2.28. The first-order chi connectivity index (χ1) is 7.52. The van der Waals surface area contributed by atoms with Gasteiger partial charge in [-0.05, 0) is 33.2 Å². The van der Waals surface area contributed by atoms with Crippen molar-refractivity contribution in [3.8, 4) is 0 Å². The van der Waals surface area contributed by atoms with E-state index in [0.29, 0.717) is 12.1 Å². The number of hydrogen-bond donors (Lipinski definition) is 2. The van der Waals surface area contributed by atoms with Gasteiger partial charge in [-0.3, -0.25) is 4.90 Å². The fourth-order valence-electron chi connectivity index (χ4n) is 2.43. The predicted octanol–water partition coefficient (Wildman–Crippen LogP) is 1.61. The van der Waals surface area contributed by atoms with E-state index < -0.39 is 0 Å². The SMILES string of the molecule is CC(C)NCC1CCCCN1C(C)C(C)O. The van der Waals surface area contributed by atoms with E-state index in [-0.39, 0.29) is 12.1 Å². The fraction of sp³-hybridized carbons (Fsp3) is 1.00. The number of piperidine rings is 1. The van der Waals surface area contributed by atoms with E-state index in [9.17, 15) is 5.11 Å². The zero-order chi connectivity index (χ0) is 12.1. The third-order valence-electron chi connectivity index (χ3n) is 3.66. The average Bonchev–Trinajstić information content (AvgIpc) is 2.25. The summed E-state index contributed by atoms with van der Waals surface area (Å²) in [4.78, 5) is 2.48. The molecule has 1 aliphatic rings. The minimum atomic E-state index is -0.236. The van der Waals surface area contributed by atoms with Crippen LogP contribution in [0.15, 0.2) is 0 Å². The predicted molar refractivity (Wildman–Crippen MR) is 68.6 cm³/mol. The van der Waals surface area contributed by atoms with Crippen LogP contribution in [-0.2, 0) is 0 Å². The lowest BCUT2D eigenvalue weighted by Crippen LogP contribution is -2.53. The Labute approximate surface area is 100 Å². The molecule has 16 heavy (non-hydrogen) atoms. The molecule has 1 saturated heterocycles. The van der Waals surface area contributed by atoms with E-state index in [1.807, 2.05) is 6.92 Å². The molecule has 1 heterocycles. The second kappa shape index (κ2) is 6.58. The van der Waals surface area contributed by atoms with Gasteiger partial charge in [-0.25, -0.2) is 0 Å². The molecule has 0 spiro atoms. The van der Waals surface area contributed by atoms with Gasteiger partial charge in [0.05, 0.1) is 6.10 Å². The minimum absolute atomic E-state index is 0.236. The molecule has 3 unspecified atom stereocenters. The molecule has 0 aromatic carbocycles. The molecule has 0 radical (unpaired) electrons. The van der Waals surface area contributed by atoms with Crippen LogP contribution in [0.5, 0.6) is 0 Å². The first kappa shape index (κ1) is 13.9. The molecule has 0 aromatic heterocycles. The molecular weight excluding hydrogens is 200 g/mol. The summed E-state index contributed by atoms with van der Waals surface area (Å²) in [5.41, 5.74) is 0. The number of hydrogen-bond acceptors (Lipinski definition) is 3. The maximum atomic E-state index is 9.71. The zero-order valence-electron chi connectivity index (χ0n) is 11.2. The Hall–Kier alpha value is -0.120. The molecular formula is C13H28N2O. The summed E-state index contributed by atoms with van der Waals surface area (Å²) in [6, 6.07) is 1.42. The summed E-state index contributed by atoms with van der Waals surface area (Å²) in [6.45, 7) is 10.6. The van der Waals surface area contributed by atoms with Gasteiger partial charge in [0, 0.05) is 24.7 Å². The van der Waals surface area contributed by atoms with Gasteiger partial charge >= 0.3 is 0 Å². The van der Waals surface area contributed by atoms with E-state index in [2.05, 4.69) is 31.0 Å². The van der Waals surface area contributed by atoms with Crippen LogP contribution in [-0.4, -0.2) is 47.3 Å².